The third-order valence-electron chi connectivity index (χ3n) is 3.23. The monoisotopic (exact) mass is 293 g/mol. The minimum Gasteiger partial charge on any atom is -0.478 e. The molecule has 0 radical (unpaired) electrons. The fourth-order valence-electron chi connectivity index (χ4n) is 2.07. The quantitative estimate of drug-likeness (QED) is 0.780. The number of benzene rings is 1. The van der Waals surface area contributed by atoms with E-state index in [1.54, 1.807) is 0 Å². The van der Waals surface area contributed by atoms with Crippen LogP contribution in [0.4, 0.5) is 4.39 Å². The van der Waals surface area contributed by atoms with Crippen LogP contribution in [0.25, 0.3) is 6.08 Å². The van der Waals surface area contributed by atoms with Crippen molar-refractivity contribution >= 4 is 18.0 Å². The van der Waals surface area contributed by atoms with Crippen LogP contribution in [-0.2, 0) is 4.79 Å². The van der Waals surface area contributed by atoms with E-state index in [1.807, 2.05) is 0 Å². The summed E-state index contributed by atoms with van der Waals surface area (Å²) in [6.07, 6.45) is 3.89. The Hall–Kier alpha value is -2.21. The molecule has 1 aromatic carbocycles. The molecule has 1 aromatic rings. The topological polar surface area (TPSA) is 77.8 Å². The molecule has 0 unspecified atom stereocenters. The summed E-state index contributed by atoms with van der Waals surface area (Å²) >= 11 is 0. The van der Waals surface area contributed by atoms with Gasteiger partial charge in [0.1, 0.15) is 5.82 Å². The molecule has 0 spiro atoms. The second-order valence-corrected chi connectivity index (χ2v) is 4.86. The molecule has 1 aliphatic carbocycles. The summed E-state index contributed by atoms with van der Waals surface area (Å²) < 4.78 is 14.0. The third kappa shape index (κ3) is 3.88. The highest BCUT2D eigenvalue weighted by atomic mass is 19.1. The van der Waals surface area contributed by atoms with Gasteiger partial charge >= 0.3 is 5.97 Å². The molecule has 6 heteroatoms. The molecule has 0 saturated heterocycles. The summed E-state index contributed by atoms with van der Waals surface area (Å²) in [5.41, 5.74) is 0.300. The second-order valence-electron chi connectivity index (χ2n) is 4.86. The largest absolute Gasteiger partial charge is 0.478 e. The standard InChI is InChI=1S/C15H16FNO4/c16-13-9-10(2-6-14(19)20)1-5-12(13)15(21)17(7-8-18)11-3-4-11/h1-2,5-6,9,11,18H,3-4,7-8H2,(H,19,20). The van der Waals surface area contributed by atoms with Gasteiger partial charge in [0.15, 0.2) is 0 Å². The second kappa shape index (κ2) is 6.49. The van der Waals surface area contributed by atoms with Crippen molar-refractivity contribution in [3.63, 3.8) is 0 Å². The zero-order chi connectivity index (χ0) is 15.4. The number of aliphatic hydroxyl groups excluding tert-OH is 1. The Morgan fingerprint density at radius 2 is 2.10 bits per heavy atom. The molecule has 1 saturated carbocycles. The molecule has 21 heavy (non-hydrogen) atoms. The predicted molar refractivity (Wildman–Crippen MR) is 74.2 cm³/mol. The number of carbonyl (C=O) groups excluding carboxylic acids is 1. The highest BCUT2D eigenvalue weighted by Crippen LogP contribution is 2.28. The van der Waals surface area contributed by atoms with Crippen LogP contribution in [0, 0.1) is 5.82 Å². The third-order valence-corrected chi connectivity index (χ3v) is 3.23. The molecule has 1 amide bonds. The Morgan fingerprint density at radius 3 is 2.62 bits per heavy atom. The van der Waals surface area contributed by atoms with E-state index in [0.717, 1.165) is 25.0 Å². The maximum atomic E-state index is 14.0. The van der Waals surface area contributed by atoms with Crippen molar-refractivity contribution in [1.82, 2.24) is 4.90 Å². The van der Waals surface area contributed by atoms with Gasteiger partial charge in [0.2, 0.25) is 0 Å². The highest BCUT2D eigenvalue weighted by molar-refractivity contribution is 5.95. The Morgan fingerprint density at radius 1 is 1.38 bits per heavy atom. The smallest absolute Gasteiger partial charge is 0.328 e. The van der Waals surface area contributed by atoms with E-state index in [1.165, 1.54) is 23.1 Å². The number of rotatable bonds is 6. The molecule has 5 nitrogen and oxygen atoms in total. The molecule has 0 aromatic heterocycles. The van der Waals surface area contributed by atoms with Gasteiger partial charge in [0.05, 0.1) is 12.2 Å². The lowest BCUT2D eigenvalue weighted by molar-refractivity contribution is -0.131. The van der Waals surface area contributed by atoms with E-state index < -0.39 is 17.7 Å². The molecule has 0 heterocycles. The number of carboxylic acid groups (broad SMARTS) is 1. The predicted octanol–water partition coefficient (Wildman–Crippen LogP) is 1.52. The van der Waals surface area contributed by atoms with E-state index in [0.29, 0.717) is 5.56 Å². The number of amides is 1. The van der Waals surface area contributed by atoms with Crippen LogP contribution in [0.15, 0.2) is 24.3 Å². The summed E-state index contributed by atoms with van der Waals surface area (Å²) in [4.78, 5) is 24.2. The fraction of sp³-hybridized carbons (Fsp3) is 0.333. The molecule has 2 rings (SSSR count). The van der Waals surface area contributed by atoms with Gasteiger partial charge in [-0.25, -0.2) is 9.18 Å². The molecule has 1 fully saturated rings. The molecule has 0 aliphatic heterocycles. The van der Waals surface area contributed by atoms with Crippen LogP contribution in [0.2, 0.25) is 0 Å². The maximum absolute atomic E-state index is 14.0. The van der Waals surface area contributed by atoms with E-state index in [2.05, 4.69) is 0 Å². The minimum atomic E-state index is -1.13. The first-order valence-corrected chi connectivity index (χ1v) is 6.65. The van der Waals surface area contributed by atoms with Crippen LogP contribution in [0.5, 0.6) is 0 Å². The summed E-state index contributed by atoms with van der Waals surface area (Å²) in [7, 11) is 0. The zero-order valence-corrected chi connectivity index (χ0v) is 11.3. The van der Waals surface area contributed by atoms with Crippen molar-refractivity contribution in [3.05, 3.63) is 41.2 Å². The van der Waals surface area contributed by atoms with Gasteiger partial charge in [-0.1, -0.05) is 6.07 Å². The lowest BCUT2D eigenvalue weighted by Crippen LogP contribution is -2.36. The van der Waals surface area contributed by atoms with Crippen molar-refractivity contribution in [1.29, 1.82) is 0 Å². The molecule has 0 atom stereocenters. The van der Waals surface area contributed by atoms with Crippen molar-refractivity contribution in [2.45, 2.75) is 18.9 Å². The lowest BCUT2D eigenvalue weighted by atomic mass is 10.1. The van der Waals surface area contributed by atoms with Crippen molar-refractivity contribution in [3.8, 4) is 0 Å². The zero-order valence-electron chi connectivity index (χ0n) is 11.3. The average molecular weight is 293 g/mol. The van der Waals surface area contributed by atoms with Crippen molar-refractivity contribution < 1.29 is 24.2 Å². The van der Waals surface area contributed by atoms with Gasteiger partial charge in [-0.2, -0.15) is 0 Å². The number of carbonyl (C=O) groups is 2. The number of aliphatic carboxylic acids is 1. The highest BCUT2D eigenvalue weighted by Gasteiger charge is 2.33. The van der Waals surface area contributed by atoms with Crippen LogP contribution in [0.3, 0.4) is 0 Å². The minimum absolute atomic E-state index is 0.0668. The summed E-state index contributed by atoms with van der Waals surface area (Å²) in [5, 5.41) is 17.5. The number of nitrogens with zero attached hydrogens (tertiary/aromatic N) is 1. The van der Waals surface area contributed by atoms with Gasteiger partial charge in [0.25, 0.3) is 5.91 Å². The van der Waals surface area contributed by atoms with Gasteiger partial charge in [0, 0.05) is 18.7 Å². The van der Waals surface area contributed by atoms with E-state index in [-0.39, 0.29) is 24.8 Å². The van der Waals surface area contributed by atoms with Crippen molar-refractivity contribution in [2.24, 2.45) is 0 Å². The van der Waals surface area contributed by atoms with Crippen LogP contribution in [-0.4, -0.2) is 46.2 Å². The van der Waals surface area contributed by atoms with E-state index >= 15 is 0 Å². The Labute approximate surface area is 121 Å². The van der Waals surface area contributed by atoms with Gasteiger partial charge in [-0.15, -0.1) is 0 Å². The van der Waals surface area contributed by atoms with Crippen LogP contribution < -0.4 is 0 Å². The molecule has 1 aliphatic rings. The normalized spacial score (nSPS) is 14.4. The number of hydrogen-bond donors (Lipinski definition) is 2. The molecular weight excluding hydrogens is 277 g/mol. The summed E-state index contributed by atoms with van der Waals surface area (Å²) in [5.74, 6) is -2.27. The fourth-order valence-corrected chi connectivity index (χ4v) is 2.07. The molecule has 2 N–H and O–H groups in total. The van der Waals surface area contributed by atoms with Gasteiger partial charge in [-0.3, -0.25) is 4.79 Å². The SMILES string of the molecule is O=C(O)C=Cc1ccc(C(=O)N(CCO)C2CC2)c(F)c1. The van der Waals surface area contributed by atoms with E-state index in [4.69, 9.17) is 10.2 Å². The van der Waals surface area contributed by atoms with Crippen LogP contribution >= 0.6 is 0 Å². The average Bonchev–Trinajstić information content (AvgIpc) is 3.26. The summed E-state index contributed by atoms with van der Waals surface area (Å²) in [6, 6.07) is 4.03. The Kier molecular flexibility index (Phi) is 4.70. The Balaban J connectivity index is 2.19. The molecular formula is C15H16FNO4. The first kappa shape index (κ1) is 15.2. The molecule has 0 bridgehead atoms. The molecule has 112 valence electrons. The number of hydrogen-bond acceptors (Lipinski definition) is 3. The summed E-state index contributed by atoms with van der Waals surface area (Å²) in [6.45, 7) is 0.0207. The van der Waals surface area contributed by atoms with Crippen molar-refractivity contribution in [2.75, 3.05) is 13.2 Å². The number of aliphatic hydroxyl groups is 1. The van der Waals surface area contributed by atoms with Crippen LogP contribution in [0.1, 0.15) is 28.8 Å². The first-order valence-electron chi connectivity index (χ1n) is 6.65. The Bertz CT molecular complexity index is 581. The lowest BCUT2D eigenvalue weighted by Gasteiger charge is -2.21. The maximum Gasteiger partial charge on any atom is 0.328 e. The first-order chi connectivity index (χ1) is 10.0. The van der Waals surface area contributed by atoms with Gasteiger partial charge in [-0.05, 0) is 36.6 Å². The van der Waals surface area contributed by atoms with E-state index in [9.17, 15) is 14.0 Å². The number of carboxylic acids is 1. The van der Waals surface area contributed by atoms with Gasteiger partial charge < -0.3 is 15.1 Å². The number of halogens is 1.